The first-order valence-corrected chi connectivity index (χ1v) is 8.03. The number of phenols is 1. The van der Waals surface area contributed by atoms with Gasteiger partial charge in [-0.05, 0) is 42.8 Å². The first-order valence-electron chi connectivity index (χ1n) is 8.03. The molecule has 23 heavy (non-hydrogen) atoms. The third-order valence-corrected chi connectivity index (χ3v) is 3.54. The summed E-state index contributed by atoms with van der Waals surface area (Å²) >= 11 is 0. The van der Waals surface area contributed by atoms with E-state index < -0.39 is 0 Å². The zero-order valence-corrected chi connectivity index (χ0v) is 13.4. The number of carbonyl (C=O) groups excluding carboxylic acids is 1. The van der Waals surface area contributed by atoms with Crippen molar-refractivity contribution < 1.29 is 14.6 Å². The fraction of sp³-hybridized carbons (Fsp3) is 0.316. The van der Waals surface area contributed by atoms with Crippen molar-refractivity contribution in [3.05, 3.63) is 54.1 Å². The summed E-state index contributed by atoms with van der Waals surface area (Å²) in [4.78, 5) is 12.1. The number of carbonyl (C=O) groups is 1. The Morgan fingerprint density at radius 2 is 1.78 bits per heavy atom. The van der Waals surface area contributed by atoms with Crippen molar-refractivity contribution in [1.29, 1.82) is 0 Å². The van der Waals surface area contributed by atoms with Gasteiger partial charge in [-0.15, -0.1) is 0 Å². The van der Waals surface area contributed by atoms with Crippen LogP contribution < -0.4 is 10.1 Å². The lowest BCUT2D eigenvalue weighted by Gasteiger charge is -2.09. The molecule has 0 unspecified atom stereocenters. The maximum absolute atomic E-state index is 12.1. The van der Waals surface area contributed by atoms with Crippen molar-refractivity contribution in [1.82, 2.24) is 0 Å². The largest absolute Gasteiger partial charge is 0.506 e. The highest BCUT2D eigenvalue weighted by Gasteiger charge is 2.08. The smallest absolute Gasteiger partial charge is 0.255 e. The van der Waals surface area contributed by atoms with Gasteiger partial charge in [-0.1, -0.05) is 38.3 Å². The van der Waals surface area contributed by atoms with Crippen LogP contribution in [0.1, 0.15) is 43.0 Å². The molecule has 2 N–H and O–H groups in total. The predicted molar refractivity (Wildman–Crippen MR) is 92.1 cm³/mol. The molecule has 1 amide bonds. The van der Waals surface area contributed by atoms with Gasteiger partial charge in [-0.2, -0.15) is 0 Å². The number of hydrogen-bond donors (Lipinski definition) is 2. The Kier molecular flexibility index (Phi) is 6.48. The third-order valence-electron chi connectivity index (χ3n) is 3.54. The van der Waals surface area contributed by atoms with Gasteiger partial charge in [0, 0.05) is 5.56 Å². The molecule has 2 aromatic carbocycles. The molecule has 0 bridgehead atoms. The second-order valence-electron chi connectivity index (χ2n) is 5.40. The average Bonchev–Trinajstić information content (AvgIpc) is 2.57. The summed E-state index contributed by atoms with van der Waals surface area (Å²) in [6.07, 6.45) is 4.66. The van der Waals surface area contributed by atoms with Crippen molar-refractivity contribution in [2.24, 2.45) is 0 Å². The van der Waals surface area contributed by atoms with E-state index in [1.807, 2.05) is 0 Å². The van der Waals surface area contributed by atoms with Gasteiger partial charge in [0.2, 0.25) is 0 Å². The molecule has 0 aliphatic rings. The Morgan fingerprint density at radius 3 is 2.48 bits per heavy atom. The van der Waals surface area contributed by atoms with Crippen LogP contribution in [0.3, 0.4) is 0 Å². The second-order valence-corrected chi connectivity index (χ2v) is 5.40. The fourth-order valence-corrected chi connectivity index (χ4v) is 2.20. The Hall–Kier alpha value is -2.49. The van der Waals surface area contributed by atoms with E-state index in [-0.39, 0.29) is 11.7 Å². The molecule has 4 heteroatoms. The van der Waals surface area contributed by atoms with Gasteiger partial charge in [0.1, 0.15) is 11.5 Å². The minimum absolute atomic E-state index is 0.0490. The molecular weight excluding hydrogens is 290 g/mol. The van der Waals surface area contributed by atoms with E-state index in [1.165, 1.54) is 25.3 Å². The third kappa shape index (κ3) is 5.33. The number of nitrogens with one attached hydrogen (secondary N) is 1. The van der Waals surface area contributed by atoms with Crippen molar-refractivity contribution in [3.8, 4) is 11.5 Å². The molecule has 0 saturated heterocycles. The number of aromatic hydroxyl groups is 1. The standard InChI is InChI=1S/C19H23NO3/c1-2-3-4-7-14-23-16-12-10-15(11-13-16)19(22)20-17-8-5-6-9-18(17)21/h5-6,8-13,21H,2-4,7,14H2,1H3,(H,20,22). The molecule has 0 heterocycles. The number of para-hydroxylation sites is 2. The number of unbranched alkanes of at least 4 members (excludes halogenated alkanes) is 3. The van der Waals surface area contributed by atoms with Gasteiger partial charge in [-0.3, -0.25) is 4.79 Å². The van der Waals surface area contributed by atoms with Gasteiger partial charge in [-0.25, -0.2) is 0 Å². The molecule has 0 aromatic heterocycles. The van der Waals surface area contributed by atoms with Crippen LogP contribution in [0.4, 0.5) is 5.69 Å². The normalized spacial score (nSPS) is 10.3. The molecule has 0 spiro atoms. The van der Waals surface area contributed by atoms with E-state index in [2.05, 4.69) is 12.2 Å². The Bertz CT molecular complexity index is 623. The Labute approximate surface area is 137 Å². The van der Waals surface area contributed by atoms with E-state index in [9.17, 15) is 9.90 Å². The van der Waals surface area contributed by atoms with Crippen LogP contribution >= 0.6 is 0 Å². The molecular formula is C19H23NO3. The van der Waals surface area contributed by atoms with Crippen LogP contribution in [-0.4, -0.2) is 17.6 Å². The number of ether oxygens (including phenoxy) is 1. The van der Waals surface area contributed by atoms with Crippen LogP contribution in [0.15, 0.2) is 48.5 Å². The number of benzene rings is 2. The number of amides is 1. The van der Waals surface area contributed by atoms with Gasteiger partial charge in [0.05, 0.1) is 12.3 Å². The molecule has 4 nitrogen and oxygen atoms in total. The SMILES string of the molecule is CCCCCCOc1ccc(C(=O)Nc2ccccc2O)cc1. The quantitative estimate of drug-likeness (QED) is 0.553. The van der Waals surface area contributed by atoms with Gasteiger partial charge in [0.25, 0.3) is 5.91 Å². The molecule has 0 saturated carbocycles. The van der Waals surface area contributed by atoms with Crippen LogP contribution in [0.5, 0.6) is 11.5 Å². The number of rotatable bonds is 8. The first-order chi connectivity index (χ1) is 11.2. The van der Waals surface area contributed by atoms with Gasteiger partial charge < -0.3 is 15.2 Å². The van der Waals surface area contributed by atoms with E-state index in [0.717, 1.165) is 12.2 Å². The highest BCUT2D eigenvalue weighted by Crippen LogP contribution is 2.22. The molecule has 0 fully saturated rings. The zero-order valence-electron chi connectivity index (χ0n) is 13.4. The second kappa shape index (κ2) is 8.83. The lowest BCUT2D eigenvalue weighted by atomic mass is 10.2. The van der Waals surface area contributed by atoms with E-state index in [1.54, 1.807) is 42.5 Å². The van der Waals surface area contributed by atoms with E-state index >= 15 is 0 Å². The first kappa shape index (κ1) is 16.9. The predicted octanol–water partition coefficient (Wildman–Crippen LogP) is 4.60. The highest BCUT2D eigenvalue weighted by atomic mass is 16.5. The summed E-state index contributed by atoms with van der Waals surface area (Å²) in [7, 11) is 0. The molecule has 0 aliphatic heterocycles. The molecule has 0 radical (unpaired) electrons. The van der Waals surface area contributed by atoms with Crippen LogP contribution in [0, 0.1) is 0 Å². The average molecular weight is 313 g/mol. The van der Waals surface area contributed by atoms with Crippen molar-refractivity contribution in [3.63, 3.8) is 0 Å². The monoisotopic (exact) mass is 313 g/mol. The van der Waals surface area contributed by atoms with Crippen LogP contribution in [0.25, 0.3) is 0 Å². The molecule has 122 valence electrons. The Morgan fingerprint density at radius 1 is 1.04 bits per heavy atom. The van der Waals surface area contributed by atoms with Crippen molar-refractivity contribution in [2.75, 3.05) is 11.9 Å². The van der Waals surface area contributed by atoms with Crippen molar-refractivity contribution >= 4 is 11.6 Å². The summed E-state index contributed by atoms with van der Waals surface area (Å²) < 4.78 is 5.65. The summed E-state index contributed by atoms with van der Waals surface area (Å²) in [6.45, 7) is 2.88. The van der Waals surface area contributed by atoms with E-state index in [4.69, 9.17) is 4.74 Å². The minimum Gasteiger partial charge on any atom is -0.506 e. The lowest BCUT2D eigenvalue weighted by molar-refractivity contribution is 0.102. The summed E-state index contributed by atoms with van der Waals surface area (Å²) in [6, 6.07) is 13.7. The topological polar surface area (TPSA) is 58.6 Å². The summed E-state index contributed by atoms with van der Waals surface area (Å²) in [5.74, 6) is 0.550. The van der Waals surface area contributed by atoms with E-state index in [0.29, 0.717) is 17.9 Å². The van der Waals surface area contributed by atoms with Gasteiger partial charge >= 0.3 is 0 Å². The Balaban J connectivity index is 1.86. The number of hydrogen-bond acceptors (Lipinski definition) is 3. The summed E-state index contributed by atoms with van der Waals surface area (Å²) in [5.41, 5.74) is 0.917. The highest BCUT2D eigenvalue weighted by molar-refractivity contribution is 6.05. The molecule has 2 aromatic rings. The van der Waals surface area contributed by atoms with Crippen molar-refractivity contribution in [2.45, 2.75) is 32.6 Å². The fourth-order valence-electron chi connectivity index (χ4n) is 2.20. The van der Waals surface area contributed by atoms with Gasteiger partial charge in [0.15, 0.2) is 0 Å². The molecule has 0 aliphatic carbocycles. The summed E-state index contributed by atoms with van der Waals surface area (Å²) in [5, 5.41) is 12.4. The molecule has 0 atom stereocenters. The zero-order chi connectivity index (χ0) is 16.5. The number of phenolic OH excluding ortho intramolecular Hbond substituents is 1. The van der Waals surface area contributed by atoms with Crippen LogP contribution in [-0.2, 0) is 0 Å². The maximum Gasteiger partial charge on any atom is 0.255 e. The molecule has 2 rings (SSSR count). The van der Waals surface area contributed by atoms with Crippen LogP contribution in [0.2, 0.25) is 0 Å². The lowest BCUT2D eigenvalue weighted by Crippen LogP contribution is -2.11. The number of anilines is 1. The maximum atomic E-state index is 12.1. The minimum atomic E-state index is -0.263.